The number of hydrogen-bond donors (Lipinski definition) is 1. The van der Waals surface area contributed by atoms with Gasteiger partial charge in [-0.2, -0.15) is 4.31 Å². The number of ether oxygens (including phenoxy) is 1. The SMILES string of the molecule is CS(=O)(=O)N1CCN(c2ccccc2NC(=O)COc2ccc([N+](=O)[O-])cc2)CC1. The number of rotatable bonds is 7. The smallest absolute Gasteiger partial charge is 0.269 e. The molecule has 1 aliphatic rings. The summed E-state index contributed by atoms with van der Waals surface area (Å²) in [6.45, 7) is 1.53. The van der Waals surface area contributed by atoms with Crippen LogP contribution in [0.3, 0.4) is 0 Å². The molecule has 30 heavy (non-hydrogen) atoms. The fourth-order valence-electron chi connectivity index (χ4n) is 3.11. The number of carbonyl (C=O) groups is 1. The van der Waals surface area contributed by atoms with E-state index in [0.717, 1.165) is 5.69 Å². The molecule has 3 rings (SSSR count). The molecule has 1 N–H and O–H groups in total. The number of carbonyl (C=O) groups excluding carboxylic acids is 1. The van der Waals surface area contributed by atoms with Gasteiger partial charge in [-0.05, 0) is 24.3 Å². The monoisotopic (exact) mass is 434 g/mol. The second-order valence-electron chi connectivity index (χ2n) is 6.75. The third-order valence-electron chi connectivity index (χ3n) is 4.64. The fraction of sp³-hybridized carbons (Fsp3) is 0.316. The van der Waals surface area contributed by atoms with Gasteiger partial charge in [0.15, 0.2) is 6.61 Å². The lowest BCUT2D eigenvalue weighted by atomic mass is 10.2. The first-order valence-corrected chi connectivity index (χ1v) is 11.0. The van der Waals surface area contributed by atoms with Crippen molar-refractivity contribution in [3.05, 3.63) is 58.6 Å². The molecule has 11 heteroatoms. The third kappa shape index (κ3) is 5.45. The van der Waals surface area contributed by atoms with E-state index in [1.165, 1.54) is 34.8 Å². The molecular weight excluding hydrogens is 412 g/mol. The standard InChI is InChI=1S/C19H22N4O6S/c1-30(27,28)22-12-10-21(11-13-22)18-5-3-2-4-17(18)20-19(24)14-29-16-8-6-15(7-9-16)23(25)26/h2-9H,10-14H2,1H3,(H,20,24). The van der Waals surface area contributed by atoms with Crippen LogP contribution in [-0.2, 0) is 14.8 Å². The highest BCUT2D eigenvalue weighted by Crippen LogP contribution is 2.27. The average molecular weight is 434 g/mol. The molecule has 1 saturated heterocycles. The number of sulfonamides is 1. The van der Waals surface area contributed by atoms with Gasteiger partial charge in [0.1, 0.15) is 5.75 Å². The average Bonchev–Trinajstić information content (AvgIpc) is 2.72. The highest BCUT2D eigenvalue weighted by molar-refractivity contribution is 7.88. The Bertz CT molecular complexity index is 1020. The van der Waals surface area contributed by atoms with Crippen LogP contribution in [0.15, 0.2) is 48.5 Å². The van der Waals surface area contributed by atoms with E-state index in [4.69, 9.17) is 4.74 Å². The zero-order chi connectivity index (χ0) is 21.7. The summed E-state index contributed by atoms with van der Waals surface area (Å²) in [7, 11) is -3.22. The van der Waals surface area contributed by atoms with Gasteiger partial charge in [0.25, 0.3) is 11.6 Å². The summed E-state index contributed by atoms with van der Waals surface area (Å²) in [5.74, 6) is -0.0310. The Morgan fingerprint density at radius 2 is 1.73 bits per heavy atom. The number of benzene rings is 2. The van der Waals surface area contributed by atoms with E-state index < -0.39 is 14.9 Å². The molecule has 0 aliphatic carbocycles. The zero-order valence-electron chi connectivity index (χ0n) is 16.4. The highest BCUT2D eigenvalue weighted by Gasteiger charge is 2.24. The van der Waals surface area contributed by atoms with Crippen LogP contribution >= 0.6 is 0 Å². The zero-order valence-corrected chi connectivity index (χ0v) is 17.2. The van der Waals surface area contributed by atoms with Crippen molar-refractivity contribution in [2.24, 2.45) is 0 Å². The molecule has 2 aromatic rings. The van der Waals surface area contributed by atoms with Crippen molar-refractivity contribution >= 4 is 33.0 Å². The molecule has 0 saturated carbocycles. The van der Waals surface area contributed by atoms with Crippen molar-refractivity contribution in [2.45, 2.75) is 0 Å². The van der Waals surface area contributed by atoms with Gasteiger partial charge in [0.05, 0.1) is 22.6 Å². The number of amides is 1. The predicted molar refractivity (Wildman–Crippen MR) is 112 cm³/mol. The van der Waals surface area contributed by atoms with E-state index in [1.54, 1.807) is 12.1 Å². The minimum atomic E-state index is -3.22. The maximum absolute atomic E-state index is 12.3. The molecule has 0 bridgehead atoms. The number of nitrogens with zero attached hydrogens (tertiary/aromatic N) is 3. The van der Waals surface area contributed by atoms with Crippen molar-refractivity contribution in [3.63, 3.8) is 0 Å². The van der Waals surface area contributed by atoms with Gasteiger partial charge < -0.3 is 15.0 Å². The van der Waals surface area contributed by atoms with Crippen LogP contribution < -0.4 is 15.0 Å². The lowest BCUT2D eigenvalue weighted by Crippen LogP contribution is -2.48. The number of nitro benzene ring substituents is 1. The molecule has 1 fully saturated rings. The van der Waals surface area contributed by atoms with Crippen molar-refractivity contribution in [1.82, 2.24) is 4.31 Å². The maximum atomic E-state index is 12.3. The fourth-order valence-corrected chi connectivity index (χ4v) is 3.94. The second-order valence-corrected chi connectivity index (χ2v) is 8.74. The Kier molecular flexibility index (Phi) is 6.53. The molecule has 1 heterocycles. The molecule has 160 valence electrons. The molecule has 0 spiro atoms. The van der Waals surface area contributed by atoms with Crippen LogP contribution in [0.2, 0.25) is 0 Å². The van der Waals surface area contributed by atoms with Crippen molar-refractivity contribution < 1.29 is 22.9 Å². The molecular formula is C19H22N4O6S. The second kappa shape index (κ2) is 9.09. The van der Waals surface area contributed by atoms with Gasteiger partial charge in [0, 0.05) is 38.3 Å². The highest BCUT2D eigenvalue weighted by atomic mass is 32.2. The van der Waals surface area contributed by atoms with Crippen molar-refractivity contribution in [1.29, 1.82) is 0 Å². The number of hydrogen-bond acceptors (Lipinski definition) is 7. The van der Waals surface area contributed by atoms with Gasteiger partial charge in [-0.3, -0.25) is 14.9 Å². The van der Waals surface area contributed by atoms with Crippen LogP contribution in [0.25, 0.3) is 0 Å². The Morgan fingerprint density at radius 1 is 1.10 bits per heavy atom. The molecule has 0 unspecified atom stereocenters. The minimum absolute atomic E-state index is 0.0586. The van der Waals surface area contributed by atoms with E-state index in [9.17, 15) is 23.3 Å². The molecule has 10 nitrogen and oxygen atoms in total. The number of para-hydroxylation sites is 2. The number of anilines is 2. The first-order valence-electron chi connectivity index (χ1n) is 9.20. The molecule has 0 atom stereocenters. The van der Waals surface area contributed by atoms with E-state index in [-0.39, 0.29) is 18.2 Å². The largest absolute Gasteiger partial charge is 0.484 e. The lowest BCUT2D eigenvalue weighted by Gasteiger charge is -2.35. The van der Waals surface area contributed by atoms with E-state index in [0.29, 0.717) is 37.6 Å². The molecule has 0 radical (unpaired) electrons. The van der Waals surface area contributed by atoms with E-state index >= 15 is 0 Å². The Balaban J connectivity index is 1.59. The predicted octanol–water partition coefficient (Wildman–Crippen LogP) is 1.69. The first kappa shape index (κ1) is 21.5. The molecule has 1 amide bonds. The maximum Gasteiger partial charge on any atom is 0.269 e. The number of nitro groups is 1. The quantitative estimate of drug-likeness (QED) is 0.520. The van der Waals surface area contributed by atoms with Gasteiger partial charge in [-0.25, -0.2) is 8.42 Å². The Labute approximate surface area is 174 Å². The van der Waals surface area contributed by atoms with Crippen LogP contribution in [0.1, 0.15) is 0 Å². The van der Waals surface area contributed by atoms with Crippen LogP contribution in [0.5, 0.6) is 5.75 Å². The number of non-ortho nitro benzene ring substituents is 1. The summed E-state index contributed by atoms with van der Waals surface area (Å²) in [6, 6.07) is 12.7. The van der Waals surface area contributed by atoms with Gasteiger partial charge in [0.2, 0.25) is 10.0 Å². The summed E-state index contributed by atoms with van der Waals surface area (Å²) in [5.41, 5.74) is 1.34. The normalized spacial score (nSPS) is 14.9. The van der Waals surface area contributed by atoms with E-state index in [1.807, 2.05) is 17.0 Å². The van der Waals surface area contributed by atoms with Crippen LogP contribution in [-0.4, -0.2) is 62.6 Å². The Morgan fingerprint density at radius 3 is 2.33 bits per heavy atom. The first-order chi connectivity index (χ1) is 14.2. The summed E-state index contributed by atoms with van der Waals surface area (Å²) in [5, 5.41) is 13.5. The molecule has 0 aromatic heterocycles. The van der Waals surface area contributed by atoms with Crippen LogP contribution in [0.4, 0.5) is 17.1 Å². The lowest BCUT2D eigenvalue weighted by molar-refractivity contribution is -0.384. The Hall–Kier alpha value is -3.18. The summed E-state index contributed by atoms with van der Waals surface area (Å²) in [4.78, 5) is 24.5. The van der Waals surface area contributed by atoms with Crippen molar-refractivity contribution in [3.8, 4) is 5.75 Å². The molecule has 1 aliphatic heterocycles. The van der Waals surface area contributed by atoms with E-state index in [2.05, 4.69) is 5.32 Å². The summed E-state index contributed by atoms with van der Waals surface area (Å²) < 4.78 is 30.2. The summed E-state index contributed by atoms with van der Waals surface area (Å²) >= 11 is 0. The third-order valence-corrected chi connectivity index (χ3v) is 5.95. The van der Waals surface area contributed by atoms with Gasteiger partial charge in [-0.15, -0.1) is 0 Å². The number of piperazine rings is 1. The van der Waals surface area contributed by atoms with Gasteiger partial charge in [-0.1, -0.05) is 12.1 Å². The number of nitrogens with one attached hydrogen (secondary N) is 1. The van der Waals surface area contributed by atoms with Gasteiger partial charge >= 0.3 is 0 Å². The minimum Gasteiger partial charge on any atom is -0.484 e. The van der Waals surface area contributed by atoms with Crippen molar-refractivity contribution in [2.75, 3.05) is 49.3 Å². The molecule has 2 aromatic carbocycles. The topological polar surface area (TPSA) is 122 Å². The summed E-state index contributed by atoms with van der Waals surface area (Å²) in [6.07, 6.45) is 1.20. The van der Waals surface area contributed by atoms with Crippen LogP contribution in [0, 0.1) is 10.1 Å².